The van der Waals surface area contributed by atoms with Gasteiger partial charge in [-0.25, -0.2) is 0 Å². The molecule has 0 spiro atoms. The van der Waals surface area contributed by atoms with Crippen molar-refractivity contribution >= 4 is 17.7 Å². The molecule has 3 nitrogen and oxygen atoms in total. The van der Waals surface area contributed by atoms with Crippen molar-refractivity contribution in [1.29, 1.82) is 0 Å². The molecule has 4 heteroatoms. The fourth-order valence-corrected chi connectivity index (χ4v) is 1.19. The Hall–Kier alpha value is -0.220. The second kappa shape index (κ2) is 5.43. The van der Waals surface area contributed by atoms with E-state index < -0.39 is 0 Å². The van der Waals surface area contributed by atoms with E-state index in [0.29, 0.717) is 5.75 Å². The third kappa shape index (κ3) is 5.09. The zero-order valence-corrected chi connectivity index (χ0v) is 7.85. The zero-order chi connectivity index (χ0) is 8.85. The molecular weight excluding hydrogens is 164 g/mol. The average molecular weight is 178 g/mol. The fraction of sp³-hybridized carbons (Fsp3) is 0.857. The first-order valence-electron chi connectivity index (χ1n) is 3.44. The lowest BCUT2D eigenvalue weighted by Crippen LogP contribution is -2.17. The second-order valence-corrected chi connectivity index (χ2v) is 3.70. The van der Waals surface area contributed by atoms with Gasteiger partial charge in [-0.3, -0.25) is 4.79 Å². The maximum Gasteiger partial charge on any atom is 0.315 e. The number of hydrogen-bond donors (Lipinski definition) is 1. The molecule has 0 radical (unpaired) electrons. The van der Waals surface area contributed by atoms with Crippen LogP contribution in [-0.4, -0.2) is 35.3 Å². The average Bonchev–Trinajstić information content (AvgIpc) is 1.99. The Balaban J connectivity index is 3.45. The summed E-state index contributed by atoms with van der Waals surface area (Å²) in [6.45, 7) is 3.58. The summed E-state index contributed by atoms with van der Waals surface area (Å²) in [4.78, 5) is 10.6. The molecule has 2 unspecified atom stereocenters. The van der Waals surface area contributed by atoms with Crippen LogP contribution in [0.5, 0.6) is 0 Å². The van der Waals surface area contributed by atoms with Crippen LogP contribution in [0.25, 0.3) is 0 Å². The second-order valence-electron chi connectivity index (χ2n) is 2.33. The van der Waals surface area contributed by atoms with Gasteiger partial charge in [-0.2, -0.15) is 0 Å². The lowest BCUT2D eigenvalue weighted by molar-refractivity contribution is -0.137. The summed E-state index contributed by atoms with van der Waals surface area (Å²) in [5.41, 5.74) is 0. The summed E-state index contributed by atoms with van der Waals surface area (Å²) in [6.07, 6.45) is -0.385. The molecule has 66 valence electrons. The summed E-state index contributed by atoms with van der Waals surface area (Å²) < 4.78 is 4.44. The molecule has 0 aromatic carbocycles. The minimum Gasteiger partial charge on any atom is -0.468 e. The smallest absolute Gasteiger partial charge is 0.315 e. The van der Waals surface area contributed by atoms with Gasteiger partial charge in [-0.1, -0.05) is 6.92 Å². The van der Waals surface area contributed by atoms with Crippen LogP contribution in [0, 0.1) is 0 Å². The van der Waals surface area contributed by atoms with Crippen molar-refractivity contribution in [2.75, 3.05) is 12.9 Å². The van der Waals surface area contributed by atoms with Crippen LogP contribution in [0.3, 0.4) is 0 Å². The predicted octanol–water partition coefficient (Wildman–Crippen LogP) is 0.662. The first-order valence-corrected chi connectivity index (χ1v) is 4.49. The molecule has 1 N–H and O–H groups in total. The Bertz CT molecular complexity index is 125. The number of hydrogen-bond acceptors (Lipinski definition) is 4. The Morgan fingerprint density at radius 1 is 1.64 bits per heavy atom. The minimum atomic E-state index is -0.385. The summed E-state index contributed by atoms with van der Waals surface area (Å²) in [7, 11) is 1.36. The molecule has 0 aliphatic heterocycles. The van der Waals surface area contributed by atoms with Gasteiger partial charge in [-0.05, 0) is 6.92 Å². The van der Waals surface area contributed by atoms with Gasteiger partial charge in [0.05, 0.1) is 19.0 Å². The first-order chi connectivity index (χ1) is 5.07. The molecule has 11 heavy (non-hydrogen) atoms. The number of ether oxygens (including phenoxy) is 1. The molecule has 2 atom stereocenters. The third-order valence-corrected chi connectivity index (χ3v) is 2.69. The summed E-state index contributed by atoms with van der Waals surface area (Å²) in [5, 5.41) is 9.11. The minimum absolute atomic E-state index is 0.0779. The van der Waals surface area contributed by atoms with E-state index in [9.17, 15) is 4.79 Å². The number of aliphatic hydroxyl groups is 1. The highest BCUT2D eigenvalue weighted by molar-refractivity contribution is 8.00. The van der Waals surface area contributed by atoms with E-state index in [1.807, 2.05) is 6.92 Å². The molecule has 0 bridgehead atoms. The Morgan fingerprint density at radius 2 is 2.18 bits per heavy atom. The highest BCUT2D eigenvalue weighted by Crippen LogP contribution is 2.13. The number of rotatable bonds is 4. The Morgan fingerprint density at radius 3 is 2.55 bits per heavy atom. The highest BCUT2D eigenvalue weighted by atomic mass is 32.2. The van der Waals surface area contributed by atoms with Crippen molar-refractivity contribution in [2.45, 2.75) is 25.2 Å². The van der Waals surface area contributed by atoms with E-state index in [2.05, 4.69) is 4.74 Å². The molecule has 0 aromatic rings. The van der Waals surface area contributed by atoms with Gasteiger partial charge in [0.1, 0.15) is 0 Å². The van der Waals surface area contributed by atoms with E-state index in [0.717, 1.165) is 0 Å². The number of aliphatic hydroxyl groups excluding tert-OH is 1. The van der Waals surface area contributed by atoms with Crippen molar-refractivity contribution < 1.29 is 14.6 Å². The van der Waals surface area contributed by atoms with Crippen LogP contribution in [-0.2, 0) is 9.53 Å². The number of carbonyl (C=O) groups excluding carboxylic acids is 1. The van der Waals surface area contributed by atoms with Gasteiger partial charge < -0.3 is 9.84 Å². The van der Waals surface area contributed by atoms with Crippen LogP contribution in [0.1, 0.15) is 13.8 Å². The predicted molar refractivity (Wildman–Crippen MR) is 45.6 cm³/mol. The number of carbonyl (C=O) groups is 1. The van der Waals surface area contributed by atoms with Crippen molar-refractivity contribution in [3.63, 3.8) is 0 Å². The molecule has 0 fully saturated rings. The monoisotopic (exact) mass is 178 g/mol. The van der Waals surface area contributed by atoms with Gasteiger partial charge in [-0.15, -0.1) is 11.8 Å². The summed E-state index contributed by atoms with van der Waals surface area (Å²) in [5.74, 6) is 0.0604. The highest BCUT2D eigenvalue weighted by Gasteiger charge is 2.11. The molecule has 0 saturated heterocycles. The van der Waals surface area contributed by atoms with Crippen LogP contribution < -0.4 is 0 Å². The maximum absolute atomic E-state index is 10.6. The van der Waals surface area contributed by atoms with Gasteiger partial charge in [0, 0.05) is 5.25 Å². The standard InChI is InChI=1S/C7H14O3S/c1-5(8)6(2)11-4-7(9)10-3/h5-6,8H,4H2,1-3H3. The van der Waals surface area contributed by atoms with Crippen LogP contribution in [0.4, 0.5) is 0 Å². The maximum atomic E-state index is 10.6. The van der Waals surface area contributed by atoms with Gasteiger partial charge in [0.15, 0.2) is 0 Å². The van der Waals surface area contributed by atoms with Gasteiger partial charge >= 0.3 is 5.97 Å². The van der Waals surface area contributed by atoms with Crippen molar-refractivity contribution in [3.05, 3.63) is 0 Å². The van der Waals surface area contributed by atoms with E-state index in [4.69, 9.17) is 5.11 Å². The quantitative estimate of drug-likeness (QED) is 0.642. The molecule has 0 saturated carbocycles. The molecule has 0 aromatic heterocycles. The molecule has 0 amide bonds. The third-order valence-electron chi connectivity index (χ3n) is 1.37. The van der Waals surface area contributed by atoms with E-state index in [1.165, 1.54) is 18.9 Å². The molecule has 0 aliphatic carbocycles. The molecule has 0 rings (SSSR count). The molecular formula is C7H14O3S. The van der Waals surface area contributed by atoms with Gasteiger partial charge in [0.2, 0.25) is 0 Å². The number of methoxy groups -OCH3 is 1. The van der Waals surface area contributed by atoms with Crippen molar-refractivity contribution in [2.24, 2.45) is 0 Å². The number of thioether (sulfide) groups is 1. The normalized spacial score (nSPS) is 15.6. The van der Waals surface area contributed by atoms with E-state index in [-0.39, 0.29) is 17.3 Å². The Labute approximate surface area is 71.1 Å². The van der Waals surface area contributed by atoms with Crippen molar-refractivity contribution in [3.8, 4) is 0 Å². The number of esters is 1. The SMILES string of the molecule is COC(=O)CSC(C)C(C)O. The van der Waals surface area contributed by atoms with Crippen LogP contribution >= 0.6 is 11.8 Å². The topological polar surface area (TPSA) is 46.5 Å². The lowest BCUT2D eigenvalue weighted by Gasteiger charge is -2.12. The molecule has 0 heterocycles. The molecule has 0 aliphatic rings. The zero-order valence-electron chi connectivity index (χ0n) is 7.03. The van der Waals surface area contributed by atoms with Crippen LogP contribution in [0.2, 0.25) is 0 Å². The van der Waals surface area contributed by atoms with E-state index >= 15 is 0 Å². The summed E-state index contributed by atoms with van der Waals surface area (Å²) >= 11 is 1.39. The van der Waals surface area contributed by atoms with Crippen LogP contribution in [0.15, 0.2) is 0 Å². The largest absolute Gasteiger partial charge is 0.468 e. The van der Waals surface area contributed by atoms with E-state index in [1.54, 1.807) is 6.92 Å². The fourth-order valence-electron chi connectivity index (χ4n) is 0.398. The van der Waals surface area contributed by atoms with Gasteiger partial charge in [0.25, 0.3) is 0 Å². The van der Waals surface area contributed by atoms with Crippen molar-refractivity contribution in [1.82, 2.24) is 0 Å². The lowest BCUT2D eigenvalue weighted by atomic mass is 10.3. The first kappa shape index (κ1) is 10.8. The Kier molecular flexibility index (Phi) is 5.32. The summed E-state index contributed by atoms with van der Waals surface area (Å²) in [6, 6.07) is 0.